The Balaban J connectivity index is 0.00000408. The maximum Gasteiger partial charge on any atom is 0.269 e. The highest BCUT2D eigenvalue weighted by Crippen LogP contribution is 2.19. The third-order valence-electron chi connectivity index (χ3n) is 5.02. The molecule has 10 heteroatoms. The monoisotopic (exact) mass is 527 g/mol. The predicted molar refractivity (Wildman–Crippen MR) is 137 cm³/mol. The van der Waals surface area contributed by atoms with Gasteiger partial charge in [-0.15, -0.1) is 17.0 Å². The fraction of sp³-hybridized carbons (Fsp3) is 0.208. The zero-order valence-electron chi connectivity index (χ0n) is 18.7. The van der Waals surface area contributed by atoms with Gasteiger partial charge in [-0.3, -0.25) is 30.1 Å². The average Bonchev–Trinajstić information content (AvgIpc) is 2.78. The molecule has 0 heterocycles. The molecule has 3 aromatic carbocycles. The number of rotatable bonds is 10. The minimum absolute atomic E-state index is 0. The van der Waals surface area contributed by atoms with Crippen LogP contribution in [0.3, 0.4) is 0 Å². The van der Waals surface area contributed by atoms with Crippen LogP contribution in [0.4, 0.5) is 11.4 Å². The van der Waals surface area contributed by atoms with Gasteiger partial charge in [-0.25, -0.2) is 0 Å². The van der Waals surface area contributed by atoms with Crippen LogP contribution in [-0.4, -0.2) is 20.6 Å². The lowest BCUT2D eigenvalue weighted by molar-refractivity contribution is -0.385. The van der Waals surface area contributed by atoms with Crippen LogP contribution in [-0.2, 0) is 26.2 Å². The molecule has 9 nitrogen and oxygen atoms in total. The molecule has 3 aromatic rings. The summed E-state index contributed by atoms with van der Waals surface area (Å²) >= 11 is 0. The summed E-state index contributed by atoms with van der Waals surface area (Å²) in [6, 6.07) is 21.0. The van der Waals surface area contributed by atoms with Gasteiger partial charge in [0.1, 0.15) is 0 Å². The Labute approximate surface area is 208 Å². The molecule has 0 spiro atoms. The summed E-state index contributed by atoms with van der Waals surface area (Å²) in [6.07, 6.45) is 0. The van der Waals surface area contributed by atoms with Gasteiger partial charge in [0.25, 0.3) is 11.4 Å². The Morgan fingerprint density at radius 1 is 0.794 bits per heavy atom. The van der Waals surface area contributed by atoms with Crippen molar-refractivity contribution < 1.29 is 9.85 Å². The number of halogens is 1. The van der Waals surface area contributed by atoms with Crippen molar-refractivity contribution in [3.63, 3.8) is 0 Å². The Morgan fingerprint density at radius 2 is 1.24 bits per heavy atom. The Bertz CT molecular complexity index is 1090. The smallest absolute Gasteiger partial charge is 0.269 e. The topological polar surface area (TPSA) is 128 Å². The predicted octanol–water partition coefficient (Wildman–Crippen LogP) is 5.16. The van der Waals surface area contributed by atoms with Crippen molar-refractivity contribution in [3.8, 4) is 0 Å². The van der Waals surface area contributed by atoms with Gasteiger partial charge < -0.3 is 5.73 Å². The summed E-state index contributed by atoms with van der Waals surface area (Å²) < 4.78 is 0. The fourth-order valence-corrected chi connectivity index (χ4v) is 3.43. The number of benzene rings is 3. The van der Waals surface area contributed by atoms with Crippen molar-refractivity contribution in [2.45, 2.75) is 33.1 Å². The molecule has 2 N–H and O–H groups in total. The number of amidine groups is 1. The molecule has 0 atom stereocenters. The molecule has 0 bridgehead atoms. The quantitative estimate of drug-likeness (QED) is 0.168. The number of hydrogen-bond acceptors (Lipinski definition) is 6. The molecular formula is C24H26BrN5O4. The Hall–Kier alpha value is -3.63. The molecule has 3 rings (SSSR count). The summed E-state index contributed by atoms with van der Waals surface area (Å²) in [5.74, 6) is 0.526. The van der Waals surface area contributed by atoms with E-state index in [2.05, 4.69) is 16.0 Å². The third-order valence-corrected chi connectivity index (χ3v) is 5.02. The molecule has 0 aliphatic rings. The first kappa shape index (κ1) is 26.6. The molecule has 0 unspecified atom stereocenters. The van der Waals surface area contributed by atoms with Crippen molar-refractivity contribution in [3.05, 3.63) is 115 Å². The molecule has 0 aromatic heterocycles. The van der Waals surface area contributed by atoms with Crippen LogP contribution in [0.2, 0.25) is 0 Å². The maximum absolute atomic E-state index is 10.9. The zero-order chi connectivity index (χ0) is 23.8. The van der Waals surface area contributed by atoms with Gasteiger partial charge in [0.05, 0.1) is 22.2 Å². The molecule has 178 valence electrons. The van der Waals surface area contributed by atoms with Crippen molar-refractivity contribution in [1.29, 1.82) is 0 Å². The van der Waals surface area contributed by atoms with E-state index in [4.69, 9.17) is 5.73 Å². The molecular weight excluding hydrogens is 502 g/mol. The number of non-ortho nitro benzene ring substituents is 2. The van der Waals surface area contributed by atoms with Crippen molar-refractivity contribution in [1.82, 2.24) is 4.90 Å². The van der Waals surface area contributed by atoms with Crippen LogP contribution in [0, 0.1) is 20.2 Å². The highest BCUT2D eigenvalue weighted by molar-refractivity contribution is 8.93. The van der Waals surface area contributed by atoms with E-state index >= 15 is 0 Å². The highest BCUT2D eigenvalue weighted by Gasteiger charge is 2.12. The largest absolute Gasteiger partial charge is 0.388 e. The second-order valence-corrected chi connectivity index (χ2v) is 7.77. The van der Waals surface area contributed by atoms with E-state index < -0.39 is 9.85 Å². The highest BCUT2D eigenvalue weighted by atomic mass is 79.9. The fourth-order valence-electron chi connectivity index (χ4n) is 3.43. The molecule has 0 radical (unpaired) electrons. The molecule has 0 fully saturated rings. The van der Waals surface area contributed by atoms with Crippen LogP contribution in [0.1, 0.15) is 29.2 Å². The second kappa shape index (κ2) is 12.6. The summed E-state index contributed by atoms with van der Waals surface area (Å²) in [4.78, 5) is 27.5. The van der Waals surface area contributed by atoms with Crippen LogP contribution in [0.5, 0.6) is 0 Å². The number of nitro groups is 2. The van der Waals surface area contributed by atoms with E-state index in [1.807, 2.05) is 18.2 Å². The number of nitro benzene ring substituents is 2. The normalized spacial score (nSPS) is 11.2. The summed E-state index contributed by atoms with van der Waals surface area (Å²) in [7, 11) is 0. The van der Waals surface area contributed by atoms with Gasteiger partial charge in [-0.05, 0) is 29.2 Å². The number of nitrogens with zero attached hydrogens (tertiary/aromatic N) is 4. The summed E-state index contributed by atoms with van der Waals surface area (Å²) in [5.41, 5.74) is 9.73. The third kappa shape index (κ3) is 8.05. The summed E-state index contributed by atoms with van der Waals surface area (Å²) in [6.45, 7) is 3.98. The van der Waals surface area contributed by atoms with E-state index in [0.717, 1.165) is 22.3 Å². The Kier molecular flexibility index (Phi) is 9.84. The molecule has 0 saturated carbocycles. The van der Waals surface area contributed by atoms with Gasteiger partial charge in [-0.1, -0.05) is 48.5 Å². The van der Waals surface area contributed by atoms with Crippen molar-refractivity contribution in [2.75, 3.05) is 0 Å². The number of nitrogens with two attached hydrogens (primary N) is 1. The van der Waals surface area contributed by atoms with E-state index in [0.29, 0.717) is 32.0 Å². The minimum atomic E-state index is -0.421. The van der Waals surface area contributed by atoms with Gasteiger partial charge in [-0.2, -0.15) is 0 Å². The molecule has 0 amide bonds. The maximum atomic E-state index is 10.9. The zero-order valence-corrected chi connectivity index (χ0v) is 20.4. The molecule has 0 saturated heterocycles. The van der Waals surface area contributed by atoms with Crippen LogP contribution >= 0.6 is 17.0 Å². The number of aliphatic imine (C=N–C) groups is 1. The lowest BCUT2D eigenvalue weighted by Crippen LogP contribution is -2.22. The first-order valence-corrected chi connectivity index (χ1v) is 10.3. The standard InChI is InChI=1S/C24H25N5O4.BrH/c1-18(25)26-14-21-3-2-4-22(13-21)17-27(15-19-5-9-23(10-6-19)28(30)31)16-20-7-11-24(12-8-20)29(32)33;/h2-13H,14-17H2,1H3,(H2,25,26);1H. The van der Waals surface area contributed by atoms with Crippen molar-refractivity contribution in [2.24, 2.45) is 10.7 Å². The van der Waals surface area contributed by atoms with Gasteiger partial charge in [0, 0.05) is 43.9 Å². The minimum Gasteiger partial charge on any atom is -0.388 e. The summed E-state index contributed by atoms with van der Waals surface area (Å²) in [5, 5.41) is 21.9. The number of hydrogen-bond donors (Lipinski definition) is 1. The Morgan fingerprint density at radius 3 is 1.68 bits per heavy atom. The SMILES string of the molecule is Br.CC(N)=NCc1cccc(CN(Cc2ccc([N+](=O)[O-])cc2)Cc2ccc([N+](=O)[O-])cc2)c1. The lowest BCUT2D eigenvalue weighted by Gasteiger charge is -2.23. The van der Waals surface area contributed by atoms with Crippen LogP contribution in [0.15, 0.2) is 77.8 Å². The van der Waals surface area contributed by atoms with E-state index in [-0.39, 0.29) is 28.4 Å². The van der Waals surface area contributed by atoms with Gasteiger partial charge in [0.15, 0.2) is 0 Å². The molecule has 0 aliphatic carbocycles. The van der Waals surface area contributed by atoms with Crippen molar-refractivity contribution >= 4 is 34.2 Å². The molecule has 0 aliphatic heterocycles. The first-order chi connectivity index (χ1) is 15.8. The second-order valence-electron chi connectivity index (χ2n) is 7.77. The molecule has 34 heavy (non-hydrogen) atoms. The van der Waals surface area contributed by atoms with Gasteiger partial charge >= 0.3 is 0 Å². The van der Waals surface area contributed by atoms with E-state index in [9.17, 15) is 20.2 Å². The van der Waals surface area contributed by atoms with E-state index in [1.54, 1.807) is 31.2 Å². The van der Waals surface area contributed by atoms with Gasteiger partial charge in [0.2, 0.25) is 0 Å². The van der Waals surface area contributed by atoms with Crippen LogP contribution in [0.25, 0.3) is 0 Å². The average molecular weight is 528 g/mol. The van der Waals surface area contributed by atoms with E-state index in [1.165, 1.54) is 24.3 Å². The first-order valence-electron chi connectivity index (χ1n) is 10.3. The van der Waals surface area contributed by atoms with Crippen LogP contribution < -0.4 is 5.73 Å². The lowest BCUT2D eigenvalue weighted by atomic mass is 10.1.